The van der Waals surface area contributed by atoms with Crippen molar-refractivity contribution in [1.29, 1.82) is 0 Å². The van der Waals surface area contributed by atoms with Gasteiger partial charge in [-0.1, -0.05) is 77.9 Å². The summed E-state index contributed by atoms with van der Waals surface area (Å²) in [5.41, 5.74) is 5.73. The van der Waals surface area contributed by atoms with Crippen molar-refractivity contribution in [3.63, 3.8) is 0 Å². The lowest BCUT2D eigenvalue weighted by atomic mass is 9.85. The summed E-state index contributed by atoms with van der Waals surface area (Å²) in [4.78, 5) is 2.40. The number of para-hydroxylation sites is 2. The lowest BCUT2D eigenvalue weighted by molar-refractivity contribution is -0.424. The van der Waals surface area contributed by atoms with Crippen LogP contribution in [0.15, 0.2) is 48.5 Å². The lowest BCUT2D eigenvalue weighted by Gasteiger charge is -2.23. The van der Waals surface area contributed by atoms with Gasteiger partial charge in [-0.15, -0.1) is 0 Å². The third kappa shape index (κ3) is 3.63. The molecule has 2 nitrogen and oxygen atoms in total. The maximum Gasteiger partial charge on any atom is 0.244 e. The van der Waals surface area contributed by atoms with Crippen LogP contribution in [-0.2, 0) is 10.8 Å². The summed E-state index contributed by atoms with van der Waals surface area (Å²) in [5, 5.41) is 0. The first-order valence-corrected chi connectivity index (χ1v) is 9.25. The summed E-state index contributed by atoms with van der Waals surface area (Å²) >= 11 is 0. The fourth-order valence-electron chi connectivity index (χ4n) is 3.58. The van der Waals surface area contributed by atoms with E-state index < -0.39 is 0 Å². The first-order valence-electron chi connectivity index (χ1n) is 9.25. The fraction of sp³-hybridized carbons (Fsp3) is 0.435. The van der Waals surface area contributed by atoms with E-state index in [2.05, 4.69) is 106 Å². The molecule has 25 heavy (non-hydrogen) atoms. The summed E-state index contributed by atoms with van der Waals surface area (Å²) in [6.07, 6.45) is 2.29. The normalized spacial score (nSPS) is 15.4. The zero-order valence-electron chi connectivity index (χ0n) is 16.5. The van der Waals surface area contributed by atoms with Gasteiger partial charge in [-0.2, -0.15) is 0 Å². The van der Waals surface area contributed by atoms with E-state index in [1.165, 1.54) is 22.5 Å². The van der Waals surface area contributed by atoms with E-state index in [-0.39, 0.29) is 10.8 Å². The molecule has 132 valence electrons. The molecule has 3 rings (SSSR count). The molecule has 0 bridgehead atoms. The van der Waals surface area contributed by atoms with Crippen LogP contribution in [0.5, 0.6) is 0 Å². The molecule has 1 heterocycles. The standard InChI is InChI=1S/C23H31N2/c1-22(2,3)18-11-7-9-13-20(18)24-15-16-25(17-24)21-14-10-8-12-19(21)23(4,5)6/h7-14,17H,15-16H2,1-6H3/q+1. The minimum atomic E-state index is 0.140. The van der Waals surface area contributed by atoms with E-state index in [1.807, 2.05) is 0 Å². The molecule has 2 heteroatoms. The van der Waals surface area contributed by atoms with Gasteiger partial charge in [0, 0.05) is 11.1 Å². The first-order chi connectivity index (χ1) is 11.7. The molecule has 2 aromatic rings. The van der Waals surface area contributed by atoms with Crippen molar-refractivity contribution >= 4 is 17.7 Å². The van der Waals surface area contributed by atoms with E-state index in [1.54, 1.807) is 0 Å². The topological polar surface area (TPSA) is 6.25 Å². The summed E-state index contributed by atoms with van der Waals surface area (Å²) in [5.74, 6) is 0. The molecule has 2 aromatic carbocycles. The Labute approximate surface area is 152 Å². The highest BCUT2D eigenvalue weighted by atomic mass is 15.3. The van der Waals surface area contributed by atoms with Gasteiger partial charge in [-0.3, -0.25) is 0 Å². The second-order valence-corrected chi connectivity index (χ2v) is 9.04. The number of rotatable bonds is 2. The molecule has 0 atom stereocenters. The molecule has 1 aliphatic rings. The average molecular weight is 336 g/mol. The van der Waals surface area contributed by atoms with Crippen molar-refractivity contribution in [2.24, 2.45) is 0 Å². The smallest absolute Gasteiger partial charge is 0.229 e. The van der Waals surface area contributed by atoms with Crippen LogP contribution in [0.1, 0.15) is 52.7 Å². The van der Waals surface area contributed by atoms with Gasteiger partial charge < -0.3 is 0 Å². The van der Waals surface area contributed by atoms with E-state index in [9.17, 15) is 0 Å². The maximum atomic E-state index is 2.40. The van der Waals surface area contributed by atoms with Crippen molar-refractivity contribution in [3.05, 3.63) is 59.7 Å². The zero-order chi connectivity index (χ0) is 18.2. The van der Waals surface area contributed by atoms with Gasteiger partial charge in [0.1, 0.15) is 24.5 Å². The Kier molecular flexibility index (Phi) is 4.49. The highest BCUT2D eigenvalue weighted by Gasteiger charge is 2.30. The van der Waals surface area contributed by atoms with Gasteiger partial charge >= 0.3 is 0 Å². The largest absolute Gasteiger partial charge is 0.244 e. The average Bonchev–Trinajstić information content (AvgIpc) is 3.03. The first kappa shape index (κ1) is 17.7. The van der Waals surface area contributed by atoms with E-state index in [0.29, 0.717) is 0 Å². The monoisotopic (exact) mass is 335 g/mol. The molecular formula is C23H31N2+. The molecule has 0 aromatic heterocycles. The Bertz CT molecular complexity index is 788. The van der Waals surface area contributed by atoms with Gasteiger partial charge in [0.05, 0.1) is 0 Å². The molecule has 0 saturated carbocycles. The van der Waals surface area contributed by atoms with Gasteiger partial charge in [0.15, 0.2) is 0 Å². The van der Waals surface area contributed by atoms with E-state index in [4.69, 9.17) is 0 Å². The maximum absolute atomic E-state index is 2.40. The van der Waals surface area contributed by atoms with E-state index in [0.717, 1.165) is 13.1 Å². The Morgan fingerprint density at radius 1 is 0.760 bits per heavy atom. The summed E-state index contributed by atoms with van der Waals surface area (Å²) in [7, 11) is 0. The molecule has 0 amide bonds. The Hall–Kier alpha value is -2.09. The lowest BCUT2D eigenvalue weighted by Crippen LogP contribution is -2.23. The molecule has 0 radical (unpaired) electrons. The Morgan fingerprint density at radius 3 is 1.96 bits per heavy atom. The van der Waals surface area contributed by atoms with Gasteiger partial charge in [0.25, 0.3) is 0 Å². The van der Waals surface area contributed by atoms with Gasteiger partial charge in [-0.25, -0.2) is 9.48 Å². The number of benzene rings is 2. The van der Waals surface area contributed by atoms with Crippen LogP contribution in [0.2, 0.25) is 0 Å². The molecule has 0 spiro atoms. The molecular weight excluding hydrogens is 304 g/mol. The van der Waals surface area contributed by atoms with Crippen LogP contribution in [0.25, 0.3) is 0 Å². The molecule has 0 N–H and O–H groups in total. The second kappa shape index (κ2) is 6.33. The van der Waals surface area contributed by atoms with Crippen molar-refractivity contribution in [3.8, 4) is 0 Å². The summed E-state index contributed by atoms with van der Waals surface area (Å²) in [6.45, 7) is 15.8. The molecule has 0 aliphatic carbocycles. The van der Waals surface area contributed by atoms with Crippen molar-refractivity contribution in [1.82, 2.24) is 0 Å². The van der Waals surface area contributed by atoms with Crippen molar-refractivity contribution < 1.29 is 4.58 Å². The Morgan fingerprint density at radius 2 is 1.32 bits per heavy atom. The highest BCUT2D eigenvalue weighted by Crippen LogP contribution is 2.34. The summed E-state index contributed by atoms with van der Waals surface area (Å²) < 4.78 is 2.40. The van der Waals surface area contributed by atoms with Crippen LogP contribution in [0.4, 0.5) is 11.4 Å². The zero-order valence-corrected chi connectivity index (χ0v) is 16.5. The van der Waals surface area contributed by atoms with Crippen LogP contribution in [-0.4, -0.2) is 24.0 Å². The molecule has 1 aliphatic heterocycles. The predicted octanol–water partition coefficient (Wildman–Crippen LogP) is 5.47. The predicted molar refractivity (Wildman–Crippen MR) is 108 cm³/mol. The number of hydrogen-bond acceptors (Lipinski definition) is 1. The SMILES string of the molecule is CC(C)(C)c1ccccc1N1C=[N+](c2ccccc2C(C)(C)C)CC1. The number of hydrogen-bond donors (Lipinski definition) is 0. The van der Waals surface area contributed by atoms with Crippen LogP contribution in [0.3, 0.4) is 0 Å². The fourth-order valence-corrected chi connectivity index (χ4v) is 3.58. The third-order valence-electron chi connectivity index (χ3n) is 4.90. The van der Waals surface area contributed by atoms with Crippen LogP contribution < -0.4 is 4.90 Å². The molecule has 0 unspecified atom stereocenters. The minimum absolute atomic E-state index is 0.140. The highest BCUT2D eigenvalue weighted by molar-refractivity contribution is 5.80. The summed E-state index contributed by atoms with van der Waals surface area (Å²) in [6, 6.07) is 17.6. The molecule has 0 saturated heterocycles. The van der Waals surface area contributed by atoms with Crippen molar-refractivity contribution in [2.75, 3.05) is 18.0 Å². The number of anilines is 1. The molecule has 0 fully saturated rings. The van der Waals surface area contributed by atoms with Crippen molar-refractivity contribution in [2.45, 2.75) is 52.4 Å². The van der Waals surface area contributed by atoms with Gasteiger partial charge in [-0.05, 0) is 23.0 Å². The minimum Gasteiger partial charge on any atom is -0.229 e. The Balaban J connectivity index is 2.01. The van der Waals surface area contributed by atoms with Crippen LogP contribution in [0, 0.1) is 0 Å². The quantitative estimate of drug-likeness (QED) is 0.659. The van der Waals surface area contributed by atoms with E-state index >= 15 is 0 Å². The van der Waals surface area contributed by atoms with Crippen LogP contribution >= 0.6 is 0 Å². The number of nitrogens with zero attached hydrogens (tertiary/aromatic N) is 2. The third-order valence-corrected chi connectivity index (χ3v) is 4.90. The second-order valence-electron chi connectivity index (χ2n) is 9.04. The van der Waals surface area contributed by atoms with Gasteiger partial charge in [0.2, 0.25) is 6.34 Å².